The molecule has 0 N–H and O–H groups in total. The second-order valence-corrected chi connectivity index (χ2v) is 7.86. The minimum atomic E-state index is 0.0306. The van der Waals surface area contributed by atoms with Crippen molar-refractivity contribution in [2.45, 2.75) is 37.9 Å². The Balaban J connectivity index is 1.15. The summed E-state index contributed by atoms with van der Waals surface area (Å²) in [5.41, 5.74) is 2.07. The molecule has 3 heterocycles. The normalized spacial score (nSPS) is 24.7. The van der Waals surface area contributed by atoms with Crippen LogP contribution in [0.15, 0.2) is 36.5 Å². The van der Waals surface area contributed by atoms with Crippen LogP contribution in [0.2, 0.25) is 0 Å². The number of rotatable bonds is 5. The molecule has 1 unspecified atom stereocenters. The number of hydrogen-bond donors (Lipinski definition) is 0. The predicted octanol–water partition coefficient (Wildman–Crippen LogP) is 1.54. The third kappa shape index (κ3) is 3.49. The van der Waals surface area contributed by atoms with E-state index in [9.17, 15) is 4.79 Å². The number of carbonyl (C=O) groups is 1. The van der Waals surface area contributed by atoms with E-state index in [0.717, 1.165) is 57.1 Å². The molecule has 2 aliphatic heterocycles. The van der Waals surface area contributed by atoms with Crippen molar-refractivity contribution in [2.75, 3.05) is 37.6 Å². The summed E-state index contributed by atoms with van der Waals surface area (Å²) in [6.07, 6.45) is 5.49. The fraction of sp³-hybridized carbons (Fsp3) is 0.550. The van der Waals surface area contributed by atoms with E-state index in [2.05, 4.69) is 26.3 Å². The third-order valence-electron chi connectivity index (χ3n) is 5.96. The smallest absolute Gasteiger partial charge is 0.244 e. The summed E-state index contributed by atoms with van der Waals surface area (Å²) in [6.45, 7) is 5.51. The van der Waals surface area contributed by atoms with E-state index in [-0.39, 0.29) is 11.9 Å². The SMILES string of the molecule is O=C1C(N2CCN(Cc3cn(C4CC4)nn3)CC2)CCN1c1ccccc1. The van der Waals surface area contributed by atoms with Crippen molar-refractivity contribution in [1.29, 1.82) is 0 Å². The molecule has 5 rings (SSSR count). The van der Waals surface area contributed by atoms with Crippen LogP contribution in [0.4, 0.5) is 5.69 Å². The van der Waals surface area contributed by atoms with E-state index in [0.29, 0.717) is 6.04 Å². The largest absolute Gasteiger partial charge is 0.311 e. The van der Waals surface area contributed by atoms with E-state index in [1.54, 1.807) is 0 Å². The molecule has 0 radical (unpaired) electrons. The zero-order chi connectivity index (χ0) is 18.2. The lowest BCUT2D eigenvalue weighted by Crippen LogP contribution is -2.52. The Bertz CT molecular complexity index is 794. The van der Waals surface area contributed by atoms with Crippen LogP contribution in [0.25, 0.3) is 0 Å². The number of hydrogen-bond acceptors (Lipinski definition) is 5. The molecule has 1 saturated carbocycles. The highest BCUT2D eigenvalue weighted by atomic mass is 16.2. The van der Waals surface area contributed by atoms with Crippen LogP contribution in [0, 0.1) is 0 Å². The van der Waals surface area contributed by atoms with Crippen molar-refractivity contribution in [1.82, 2.24) is 24.8 Å². The van der Waals surface area contributed by atoms with E-state index in [1.165, 1.54) is 12.8 Å². The number of para-hydroxylation sites is 1. The molecule has 2 aromatic rings. The molecule has 3 aliphatic rings. The molecule has 142 valence electrons. The Hall–Kier alpha value is -2.25. The van der Waals surface area contributed by atoms with Gasteiger partial charge in [-0.2, -0.15) is 0 Å². The number of nitrogens with zero attached hydrogens (tertiary/aromatic N) is 6. The molecule has 1 amide bonds. The molecular weight excluding hydrogens is 340 g/mol. The summed E-state index contributed by atoms with van der Waals surface area (Å²) in [4.78, 5) is 19.6. The lowest BCUT2D eigenvalue weighted by atomic mass is 10.1. The number of aromatic nitrogens is 3. The molecule has 2 saturated heterocycles. The number of piperazine rings is 1. The van der Waals surface area contributed by atoms with Gasteiger partial charge in [-0.1, -0.05) is 23.4 Å². The highest BCUT2D eigenvalue weighted by Gasteiger charge is 2.37. The molecule has 7 nitrogen and oxygen atoms in total. The Morgan fingerprint density at radius 3 is 2.48 bits per heavy atom. The van der Waals surface area contributed by atoms with Gasteiger partial charge in [-0.25, -0.2) is 4.68 Å². The maximum atomic E-state index is 12.9. The first kappa shape index (κ1) is 16.9. The van der Waals surface area contributed by atoms with Gasteiger partial charge in [0.15, 0.2) is 0 Å². The second kappa shape index (κ2) is 7.05. The summed E-state index contributed by atoms with van der Waals surface area (Å²) < 4.78 is 2.01. The molecular formula is C20H26N6O. The van der Waals surface area contributed by atoms with Crippen molar-refractivity contribution < 1.29 is 4.79 Å². The first-order valence-corrected chi connectivity index (χ1v) is 10.0. The van der Waals surface area contributed by atoms with Crippen molar-refractivity contribution in [3.05, 3.63) is 42.2 Å². The minimum Gasteiger partial charge on any atom is -0.311 e. The molecule has 7 heteroatoms. The quantitative estimate of drug-likeness (QED) is 0.803. The molecule has 1 aliphatic carbocycles. The van der Waals surface area contributed by atoms with Crippen molar-refractivity contribution >= 4 is 11.6 Å². The molecule has 1 aromatic carbocycles. The standard InChI is InChI=1S/C20H26N6O/c27-20-19(8-9-25(20)17-4-2-1-3-5-17)24-12-10-23(11-13-24)14-16-15-26(22-21-16)18-6-7-18/h1-5,15,18-19H,6-14H2. The van der Waals surface area contributed by atoms with Gasteiger partial charge in [0.1, 0.15) is 0 Å². The van der Waals surface area contributed by atoms with Crippen LogP contribution >= 0.6 is 0 Å². The number of amides is 1. The first-order chi connectivity index (χ1) is 13.3. The van der Waals surface area contributed by atoms with Crippen LogP contribution < -0.4 is 4.90 Å². The van der Waals surface area contributed by atoms with E-state index in [4.69, 9.17) is 0 Å². The Morgan fingerprint density at radius 2 is 1.74 bits per heavy atom. The fourth-order valence-electron chi connectivity index (χ4n) is 4.23. The number of anilines is 1. The van der Waals surface area contributed by atoms with Crippen LogP contribution in [0.3, 0.4) is 0 Å². The molecule has 0 spiro atoms. The van der Waals surface area contributed by atoms with E-state index >= 15 is 0 Å². The lowest BCUT2D eigenvalue weighted by molar-refractivity contribution is -0.122. The van der Waals surface area contributed by atoms with Crippen molar-refractivity contribution in [3.63, 3.8) is 0 Å². The maximum absolute atomic E-state index is 12.9. The average Bonchev–Trinajstić information content (AvgIpc) is 3.34. The summed E-state index contributed by atoms with van der Waals surface area (Å²) in [5.74, 6) is 0.252. The molecule has 3 fully saturated rings. The van der Waals surface area contributed by atoms with Crippen LogP contribution in [0.1, 0.15) is 31.0 Å². The average molecular weight is 366 g/mol. The van der Waals surface area contributed by atoms with Gasteiger partial charge < -0.3 is 4.90 Å². The third-order valence-corrected chi connectivity index (χ3v) is 5.96. The van der Waals surface area contributed by atoms with E-state index < -0.39 is 0 Å². The maximum Gasteiger partial charge on any atom is 0.244 e. The molecule has 0 bridgehead atoms. The van der Waals surface area contributed by atoms with Crippen LogP contribution in [-0.2, 0) is 11.3 Å². The number of benzene rings is 1. The predicted molar refractivity (Wildman–Crippen MR) is 102 cm³/mol. The Kier molecular flexibility index (Phi) is 4.41. The number of carbonyl (C=O) groups excluding carboxylic acids is 1. The monoisotopic (exact) mass is 366 g/mol. The van der Waals surface area contributed by atoms with E-state index in [1.807, 2.05) is 39.9 Å². The summed E-state index contributed by atoms with van der Waals surface area (Å²) in [5, 5.41) is 8.57. The molecule has 27 heavy (non-hydrogen) atoms. The topological polar surface area (TPSA) is 57.5 Å². The Morgan fingerprint density at radius 1 is 0.963 bits per heavy atom. The first-order valence-electron chi connectivity index (χ1n) is 10.0. The van der Waals surface area contributed by atoms with Gasteiger partial charge in [-0.15, -0.1) is 5.10 Å². The van der Waals surface area contributed by atoms with Gasteiger partial charge >= 0.3 is 0 Å². The fourth-order valence-corrected chi connectivity index (χ4v) is 4.23. The van der Waals surface area contributed by atoms with Crippen molar-refractivity contribution in [3.8, 4) is 0 Å². The lowest BCUT2D eigenvalue weighted by Gasteiger charge is -2.36. The highest BCUT2D eigenvalue weighted by Crippen LogP contribution is 2.33. The van der Waals surface area contributed by atoms with Crippen LogP contribution in [0.5, 0.6) is 0 Å². The highest BCUT2D eigenvalue weighted by molar-refractivity contribution is 5.99. The zero-order valence-electron chi connectivity index (χ0n) is 15.6. The second-order valence-electron chi connectivity index (χ2n) is 7.86. The zero-order valence-corrected chi connectivity index (χ0v) is 15.6. The van der Waals surface area contributed by atoms with Crippen LogP contribution in [-0.4, -0.2) is 69.5 Å². The van der Waals surface area contributed by atoms with Gasteiger partial charge in [0, 0.05) is 45.0 Å². The van der Waals surface area contributed by atoms with Crippen molar-refractivity contribution in [2.24, 2.45) is 0 Å². The Labute approximate surface area is 159 Å². The summed E-state index contributed by atoms with van der Waals surface area (Å²) in [7, 11) is 0. The minimum absolute atomic E-state index is 0.0306. The van der Waals surface area contributed by atoms with Gasteiger partial charge in [0.05, 0.1) is 24.0 Å². The summed E-state index contributed by atoms with van der Waals surface area (Å²) in [6, 6.07) is 10.6. The van der Waals surface area contributed by atoms with Gasteiger partial charge in [-0.3, -0.25) is 14.6 Å². The molecule has 1 atom stereocenters. The van der Waals surface area contributed by atoms with Gasteiger partial charge in [0.25, 0.3) is 0 Å². The summed E-state index contributed by atoms with van der Waals surface area (Å²) >= 11 is 0. The van der Waals surface area contributed by atoms with Gasteiger partial charge in [-0.05, 0) is 31.4 Å². The van der Waals surface area contributed by atoms with Gasteiger partial charge in [0.2, 0.25) is 5.91 Å². The molecule has 1 aromatic heterocycles.